The van der Waals surface area contributed by atoms with Gasteiger partial charge in [-0.1, -0.05) is 12.1 Å². The zero-order chi connectivity index (χ0) is 11.7. The molecule has 0 aliphatic rings. The maximum atomic E-state index is 12.3. The number of halogens is 2. The summed E-state index contributed by atoms with van der Waals surface area (Å²) in [6.07, 6.45) is 0. The Bertz CT molecular complexity index is 546. The van der Waals surface area contributed by atoms with Crippen LogP contribution in [0.3, 0.4) is 0 Å². The van der Waals surface area contributed by atoms with Crippen LogP contribution >= 0.6 is 43.2 Å². The Labute approximate surface area is 115 Å². The Morgan fingerprint density at radius 2 is 2.00 bits per heavy atom. The van der Waals surface area contributed by atoms with Crippen molar-refractivity contribution >= 4 is 49.0 Å². The number of carbonyl (C=O) groups is 1. The van der Waals surface area contributed by atoms with E-state index in [-0.39, 0.29) is 5.78 Å². The minimum atomic E-state index is 0.0532. The molecule has 0 atom stereocenters. The average Bonchev–Trinajstić information content (AvgIpc) is 2.68. The Hall–Kier alpha value is -0.450. The van der Waals surface area contributed by atoms with Crippen molar-refractivity contribution < 1.29 is 4.79 Å². The van der Waals surface area contributed by atoms with Gasteiger partial charge in [0.1, 0.15) is 0 Å². The average molecular weight is 360 g/mol. The van der Waals surface area contributed by atoms with Gasteiger partial charge in [0.15, 0.2) is 0 Å². The van der Waals surface area contributed by atoms with E-state index >= 15 is 0 Å². The molecule has 82 valence electrons. The van der Waals surface area contributed by atoms with Gasteiger partial charge in [0.25, 0.3) is 0 Å². The van der Waals surface area contributed by atoms with Crippen LogP contribution in [0.15, 0.2) is 38.6 Å². The van der Waals surface area contributed by atoms with Crippen LogP contribution in [0.25, 0.3) is 0 Å². The Kier molecular flexibility index (Phi) is 3.62. The molecule has 0 aliphatic carbocycles. The fourth-order valence-electron chi connectivity index (χ4n) is 1.40. The first-order chi connectivity index (χ1) is 7.61. The van der Waals surface area contributed by atoms with Gasteiger partial charge in [-0.15, -0.1) is 11.3 Å². The highest BCUT2D eigenvalue weighted by Gasteiger charge is 2.17. The maximum absolute atomic E-state index is 12.3. The van der Waals surface area contributed by atoms with Crippen molar-refractivity contribution in [3.8, 4) is 0 Å². The van der Waals surface area contributed by atoms with Crippen molar-refractivity contribution in [1.82, 2.24) is 0 Å². The van der Waals surface area contributed by atoms with Crippen LogP contribution in [-0.4, -0.2) is 5.78 Å². The van der Waals surface area contributed by atoms with Gasteiger partial charge >= 0.3 is 0 Å². The van der Waals surface area contributed by atoms with Crippen LogP contribution in [0.2, 0.25) is 0 Å². The number of thiophene rings is 1. The van der Waals surface area contributed by atoms with Crippen LogP contribution < -0.4 is 0 Å². The van der Waals surface area contributed by atoms with Crippen molar-refractivity contribution in [1.29, 1.82) is 0 Å². The number of hydrogen-bond acceptors (Lipinski definition) is 2. The molecule has 0 fully saturated rings. The molecule has 0 amide bonds. The van der Waals surface area contributed by atoms with Crippen molar-refractivity contribution in [3.05, 3.63) is 54.6 Å². The molecule has 1 aromatic heterocycles. The van der Waals surface area contributed by atoms with E-state index in [1.165, 1.54) is 11.3 Å². The van der Waals surface area contributed by atoms with E-state index in [4.69, 9.17) is 0 Å². The smallest absolute Gasteiger partial charge is 0.205 e. The lowest BCUT2D eigenvalue weighted by Gasteiger charge is -2.05. The van der Waals surface area contributed by atoms with E-state index in [2.05, 4.69) is 31.9 Å². The molecule has 1 heterocycles. The Morgan fingerprint density at radius 1 is 1.25 bits per heavy atom. The zero-order valence-electron chi connectivity index (χ0n) is 8.46. The molecular weight excluding hydrogens is 352 g/mol. The van der Waals surface area contributed by atoms with Crippen molar-refractivity contribution in [3.63, 3.8) is 0 Å². The number of ketones is 1. The van der Waals surface area contributed by atoms with E-state index in [0.29, 0.717) is 5.56 Å². The Balaban J connectivity index is 2.50. The molecule has 0 spiro atoms. The minimum Gasteiger partial charge on any atom is -0.288 e. The number of rotatable bonds is 2. The van der Waals surface area contributed by atoms with E-state index in [9.17, 15) is 4.79 Å². The molecule has 0 saturated carbocycles. The van der Waals surface area contributed by atoms with E-state index in [0.717, 1.165) is 19.4 Å². The number of aryl methyl sites for hydroxylation is 1. The molecule has 2 rings (SSSR count). The summed E-state index contributed by atoms with van der Waals surface area (Å²) >= 11 is 8.29. The van der Waals surface area contributed by atoms with Crippen molar-refractivity contribution in [2.24, 2.45) is 0 Å². The van der Waals surface area contributed by atoms with Gasteiger partial charge in [-0.2, -0.15) is 0 Å². The van der Waals surface area contributed by atoms with Crippen molar-refractivity contribution in [2.75, 3.05) is 0 Å². The van der Waals surface area contributed by atoms with Crippen LogP contribution in [0.1, 0.15) is 20.8 Å². The first kappa shape index (κ1) is 12.0. The van der Waals surface area contributed by atoms with Crippen LogP contribution in [0.4, 0.5) is 0 Å². The lowest BCUT2D eigenvalue weighted by atomic mass is 10.1. The Morgan fingerprint density at radius 3 is 2.62 bits per heavy atom. The molecule has 0 saturated heterocycles. The monoisotopic (exact) mass is 358 g/mol. The summed E-state index contributed by atoms with van der Waals surface area (Å²) in [4.78, 5) is 13.0. The summed E-state index contributed by atoms with van der Waals surface area (Å²) < 4.78 is 1.73. The van der Waals surface area contributed by atoms with Crippen LogP contribution in [0.5, 0.6) is 0 Å². The summed E-state index contributed by atoms with van der Waals surface area (Å²) in [5, 5.41) is 1.90. The van der Waals surface area contributed by atoms with Gasteiger partial charge in [-0.05, 0) is 61.9 Å². The summed E-state index contributed by atoms with van der Waals surface area (Å²) in [6, 6.07) is 7.60. The highest BCUT2D eigenvalue weighted by molar-refractivity contribution is 9.11. The second-order valence-electron chi connectivity index (χ2n) is 3.36. The maximum Gasteiger partial charge on any atom is 0.205 e. The SMILES string of the molecule is Cc1cccc(C(=O)c2sccc2Br)c1Br. The minimum absolute atomic E-state index is 0.0532. The van der Waals surface area contributed by atoms with Crippen LogP contribution in [0, 0.1) is 6.92 Å². The first-order valence-corrected chi connectivity index (χ1v) is 7.10. The lowest BCUT2D eigenvalue weighted by molar-refractivity contribution is 0.104. The predicted molar refractivity (Wildman–Crippen MR) is 74.3 cm³/mol. The van der Waals surface area contributed by atoms with E-state index in [1.54, 1.807) is 0 Å². The van der Waals surface area contributed by atoms with Gasteiger partial charge < -0.3 is 0 Å². The molecule has 2 aromatic rings. The predicted octanol–water partition coefficient (Wildman–Crippen LogP) is 4.81. The highest BCUT2D eigenvalue weighted by atomic mass is 79.9. The largest absolute Gasteiger partial charge is 0.288 e. The quantitative estimate of drug-likeness (QED) is 0.703. The summed E-state index contributed by atoms with van der Waals surface area (Å²) in [6.45, 7) is 1.98. The number of carbonyl (C=O) groups excluding carboxylic acids is 1. The first-order valence-electron chi connectivity index (χ1n) is 4.64. The topological polar surface area (TPSA) is 17.1 Å². The molecule has 0 radical (unpaired) electrons. The molecule has 1 aromatic carbocycles. The van der Waals surface area contributed by atoms with Crippen molar-refractivity contribution in [2.45, 2.75) is 6.92 Å². The zero-order valence-corrected chi connectivity index (χ0v) is 12.4. The van der Waals surface area contributed by atoms with Crippen LogP contribution in [-0.2, 0) is 0 Å². The summed E-state index contributed by atoms with van der Waals surface area (Å²) in [5.74, 6) is 0.0532. The van der Waals surface area contributed by atoms with Gasteiger partial charge in [-0.3, -0.25) is 4.79 Å². The third-order valence-corrected chi connectivity index (χ3v) is 5.15. The molecule has 0 N–H and O–H groups in total. The number of benzene rings is 1. The molecule has 0 aliphatic heterocycles. The summed E-state index contributed by atoms with van der Waals surface area (Å²) in [7, 11) is 0. The van der Waals surface area contributed by atoms with Gasteiger partial charge in [-0.25, -0.2) is 0 Å². The second kappa shape index (κ2) is 4.82. The highest BCUT2D eigenvalue weighted by Crippen LogP contribution is 2.29. The molecule has 0 bridgehead atoms. The molecule has 1 nitrogen and oxygen atoms in total. The standard InChI is InChI=1S/C12H8Br2OS/c1-7-3-2-4-8(10(7)14)11(15)12-9(13)5-6-16-12/h2-6H,1H3. The van der Waals surface area contributed by atoms with Gasteiger partial charge in [0, 0.05) is 14.5 Å². The van der Waals surface area contributed by atoms with E-state index < -0.39 is 0 Å². The number of hydrogen-bond donors (Lipinski definition) is 0. The lowest BCUT2D eigenvalue weighted by Crippen LogP contribution is -2.01. The van der Waals surface area contributed by atoms with Gasteiger partial charge in [0.2, 0.25) is 5.78 Å². The normalized spacial score (nSPS) is 10.4. The second-order valence-corrected chi connectivity index (χ2v) is 5.93. The van der Waals surface area contributed by atoms with Gasteiger partial charge in [0.05, 0.1) is 4.88 Å². The fourth-order valence-corrected chi connectivity index (χ4v) is 3.35. The van der Waals surface area contributed by atoms with E-state index in [1.807, 2.05) is 36.6 Å². The fraction of sp³-hybridized carbons (Fsp3) is 0.0833. The molecule has 16 heavy (non-hydrogen) atoms. The third-order valence-electron chi connectivity index (χ3n) is 2.26. The molecular formula is C12H8Br2OS. The summed E-state index contributed by atoms with van der Waals surface area (Å²) in [5.41, 5.74) is 1.78. The molecule has 0 unspecified atom stereocenters. The third kappa shape index (κ3) is 2.14. The molecule has 4 heteroatoms.